The van der Waals surface area contributed by atoms with Gasteiger partial charge in [0.15, 0.2) is 0 Å². The second-order valence-corrected chi connectivity index (χ2v) is 7.22. The van der Waals surface area contributed by atoms with Crippen molar-refractivity contribution in [3.05, 3.63) is 105 Å². The molecule has 0 fully saturated rings. The van der Waals surface area contributed by atoms with Crippen molar-refractivity contribution in [2.75, 3.05) is 0 Å². The third-order valence-electron chi connectivity index (χ3n) is 4.94. The molecule has 9 heteroatoms. The molecule has 0 aliphatic carbocycles. The van der Waals surface area contributed by atoms with E-state index in [4.69, 9.17) is 0 Å². The Bertz CT molecular complexity index is 1450. The third kappa shape index (κ3) is 4.04. The summed E-state index contributed by atoms with van der Waals surface area (Å²) in [5.41, 5.74) is -0.462. The minimum atomic E-state index is -1.07. The predicted octanol–water partition coefficient (Wildman–Crippen LogP) is 2.45. The molecular formula is C23H18F2N4O3. The van der Waals surface area contributed by atoms with Gasteiger partial charge in [-0.1, -0.05) is 17.7 Å². The van der Waals surface area contributed by atoms with Crippen LogP contribution in [0.3, 0.4) is 0 Å². The lowest BCUT2D eigenvalue weighted by atomic mass is 10.1. The van der Waals surface area contributed by atoms with Crippen LogP contribution < -0.4 is 16.6 Å². The minimum Gasteiger partial charge on any atom is -0.349 e. The average Bonchev–Trinajstić information content (AvgIpc) is 2.77. The zero-order valence-corrected chi connectivity index (χ0v) is 17.0. The molecule has 32 heavy (non-hydrogen) atoms. The van der Waals surface area contributed by atoms with Crippen molar-refractivity contribution in [1.82, 2.24) is 19.4 Å². The lowest BCUT2D eigenvalue weighted by molar-refractivity contribution is -0.121. The number of amides is 1. The number of rotatable bonds is 5. The maximum absolute atomic E-state index is 14.4. The first-order valence-corrected chi connectivity index (χ1v) is 9.73. The number of aromatic nitrogens is 3. The van der Waals surface area contributed by atoms with Crippen molar-refractivity contribution >= 4 is 16.8 Å². The van der Waals surface area contributed by atoms with Gasteiger partial charge in [-0.2, -0.15) is 0 Å². The van der Waals surface area contributed by atoms with Crippen molar-refractivity contribution in [1.29, 1.82) is 0 Å². The molecule has 0 saturated heterocycles. The van der Waals surface area contributed by atoms with Crippen LogP contribution in [0.5, 0.6) is 0 Å². The number of halogens is 2. The van der Waals surface area contributed by atoms with E-state index in [0.29, 0.717) is 16.3 Å². The molecule has 0 aliphatic rings. The van der Waals surface area contributed by atoms with Gasteiger partial charge in [-0.05, 0) is 43.3 Å². The molecule has 1 N–H and O–H groups in total. The number of pyridine rings is 1. The van der Waals surface area contributed by atoms with Crippen molar-refractivity contribution in [2.45, 2.75) is 20.0 Å². The number of benzene rings is 2. The molecule has 4 rings (SSSR count). The van der Waals surface area contributed by atoms with Crippen molar-refractivity contribution in [3.63, 3.8) is 0 Å². The van der Waals surface area contributed by atoms with E-state index in [-0.39, 0.29) is 17.4 Å². The number of nitrogens with one attached hydrogen (secondary N) is 1. The summed E-state index contributed by atoms with van der Waals surface area (Å²) in [5.74, 6) is -2.41. The number of carbonyl (C=O) groups is 1. The highest BCUT2D eigenvalue weighted by atomic mass is 19.1. The second-order valence-electron chi connectivity index (χ2n) is 7.22. The summed E-state index contributed by atoms with van der Waals surface area (Å²) in [6.45, 7) is 1.50. The van der Waals surface area contributed by atoms with E-state index in [1.54, 1.807) is 49.5 Å². The lowest BCUT2D eigenvalue weighted by Crippen LogP contribution is -2.42. The van der Waals surface area contributed by atoms with E-state index in [9.17, 15) is 23.2 Å². The van der Waals surface area contributed by atoms with Gasteiger partial charge >= 0.3 is 5.69 Å². The van der Waals surface area contributed by atoms with Gasteiger partial charge in [0.1, 0.15) is 18.2 Å². The van der Waals surface area contributed by atoms with Crippen LogP contribution in [0.25, 0.3) is 16.6 Å². The van der Waals surface area contributed by atoms with Crippen LogP contribution in [0.1, 0.15) is 11.3 Å². The first-order valence-electron chi connectivity index (χ1n) is 9.73. The van der Waals surface area contributed by atoms with Crippen LogP contribution in [-0.2, 0) is 17.9 Å². The Labute approximate surface area is 180 Å². The fourth-order valence-corrected chi connectivity index (χ4v) is 3.41. The number of fused-ring (bicyclic) bond motifs is 1. The van der Waals surface area contributed by atoms with E-state index >= 15 is 0 Å². The molecule has 1 amide bonds. The smallest absolute Gasteiger partial charge is 0.336 e. The summed E-state index contributed by atoms with van der Waals surface area (Å²) in [6.07, 6.45) is 1.59. The SMILES string of the molecule is Cc1ccc2c(c1)c(=O)n(-c1ccc(F)cc1F)c(=O)n2CC(=O)NCc1ccccn1. The monoisotopic (exact) mass is 436 g/mol. The molecule has 0 spiro atoms. The maximum atomic E-state index is 14.4. The van der Waals surface area contributed by atoms with Crippen LogP contribution in [0.4, 0.5) is 8.78 Å². The first kappa shape index (κ1) is 21.1. The Balaban J connectivity index is 1.82. The number of aryl methyl sites for hydroxylation is 1. The molecular weight excluding hydrogens is 418 g/mol. The normalized spacial score (nSPS) is 11.0. The minimum absolute atomic E-state index is 0.130. The highest BCUT2D eigenvalue weighted by Crippen LogP contribution is 2.15. The third-order valence-corrected chi connectivity index (χ3v) is 4.94. The van der Waals surface area contributed by atoms with Gasteiger partial charge in [0.2, 0.25) is 5.91 Å². The molecule has 0 bridgehead atoms. The Morgan fingerprint density at radius 3 is 2.59 bits per heavy atom. The summed E-state index contributed by atoms with van der Waals surface area (Å²) in [7, 11) is 0. The Morgan fingerprint density at radius 1 is 1.06 bits per heavy atom. The van der Waals surface area contributed by atoms with E-state index in [2.05, 4.69) is 10.3 Å². The largest absolute Gasteiger partial charge is 0.349 e. The van der Waals surface area contributed by atoms with E-state index in [1.807, 2.05) is 0 Å². The number of hydrogen-bond acceptors (Lipinski definition) is 4. The Hall–Kier alpha value is -4.14. The van der Waals surface area contributed by atoms with Crippen molar-refractivity contribution in [2.24, 2.45) is 0 Å². The number of hydrogen-bond donors (Lipinski definition) is 1. The molecule has 0 atom stereocenters. The molecule has 0 saturated carbocycles. The number of carbonyl (C=O) groups excluding carboxylic acids is 1. The molecule has 0 unspecified atom stereocenters. The zero-order valence-electron chi connectivity index (χ0n) is 17.0. The second kappa shape index (κ2) is 8.54. The summed E-state index contributed by atoms with van der Waals surface area (Å²) in [5, 5.41) is 2.80. The molecule has 2 heterocycles. The molecule has 4 aromatic rings. The van der Waals surface area contributed by atoms with Crippen LogP contribution >= 0.6 is 0 Å². The topological polar surface area (TPSA) is 86.0 Å². The predicted molar refractivity (Wildman–Crippen MR) is 115 cm³/mol. The van der Waals surface area contributed by atoms with Gasteiger partial charge < -0.3 is 5.32 Å². The lowest BCUT2D eigenvalue weighted by Gasteiger charge is -2.15. The Kier molecular flexibility index (Phi) is 5.63. The first-order chi connectivity index (χ1) is 15.3. The molecule has 0 aliphatic heterocycles. The van der Waals surface area contributed by atoms with Gasteiger partial charge in [0, 0.05) is 12.3 Å². The molecule has 2 aromatic heterocycles. The van der Waals surface area contributed by atoms with E-state index in [1.165, 1.54) is 0 Å². The van der Waals surface area contributed by atoms with Crippen LogP contribution in [0.15, 0.2) is 70.4 Å². The highest BCUT2D eigenvalue weighted by Gasteiger charge is 2.19. The fraction of sp³-hybridized carbons (Fsp3) is 0.130. The Morgan fingerprint density at radius 2 is 1.88 bits per heavy atom. The number of nitrogens with zero attached hydrogens (tertiary/aromatic N) is 3. The maximum Gasteiger partial charge on any atom is 0.336 e. The average molecular weight is 436 g/mol. The summed E-state index contributed by atoms with van der Waals surface area (Å²) >= 11 is 0. The van der Waals surface area contributed by atoms with Crippen LogP contribution in [-0.4, -0.2) is 20.0 Å². The summed E-state index contributed by atoms with van der Waals surface area (Å²) < 4.78 is 29.5. The van der Waals surface area contributed by atoms with E-state index in [0.717, 1.165) is 22.3 Å². The van der Waals surface area contributed by atoms with Gasteiger partial charge in [-0.15, -0.1) is 0 Å². The van der Waals surface area contributed by atoms with Crippen LogP contribution in [0.2, 0.25) is 0 Å². The molecule has 7 nitrogen and oxygen atoms in total. The molecule has 2 aromatic carbocycles. The highest BCUT2D eigenvalue weighted by molar-refractivity contribution is 5.82. The van der Waals surface area contributed by atoms with Crippen LogP contribution in [0, 0.1) is 18.6 Å². The quantitative estimate of drug-likeness (QED) is 0.521. The molecule has 0 radical (unpaired) electrons. The zero-order chi connectivity index (χ0) is 22.8. The van der Waals surface area contributed by atoms with Crippen molar-refractivity contribution in [3.8, 4) is 5.69 Å². The fourth-order valence-electron chi connectivity index (χ4n) is 3.41. The summed E-state index contributed by atoms with van der Waals surface area (Å²) in [4.78, 5) is 43.0. The summed E-state index contributed by atoms with van der Waals surface area (Å²) in [6, 6.07) is 12.6. The van der Waals surface area contributed by atoms with Gasteiger partial charge in [0.25, 0.3) is 5.56 Å². The van der Waals surface area contributed by atoms with Gasteiger partial charge in [-0.25, -0.2) is 18.1 Å². The standard InChI is InChI=1S/C23H18F2N4O3/c1-14-5-7-19-17(10-14)22(31)29(20-8-6-15(24)11-18(20)25)23(32)28(19)13-21(30)27-12-16-4-2-3-9-26-16/h2-11H,12-13H2,1H3,(H,27,30). The van der Waals surface area contributed by atoms with Crippen molar-refractivity contribution < 1.29 is 13.6 Å². The van der Waals surface area contributed by atoms with Gasteiger partial charge in [0.05, 0.1) is 28.8 Å². The van der Waals surface area contributed by atoms with E-state index < -0.39 is 41.0 Å². The van der Waals surface area contributed by atoms with Gasteiger partial charge in [-0.3, -0.25) is 19.1 Å². The molecule has 162 valence electrons.